The molecule has 5 rings (SSSR count). The van der Waals surface area contributed by atoms with E-state index in [1.165, 1.54) is 11.1 Å². The summed E-state index contributed by atoms with van der Waals surface area (Å²) in [5.41, 5.74) is 5.94. The molecule has 270 valence electrons. The number of halogens is 4. The normalized spacial score (nSPS) is 13.6. The lowest BCUT2D eigenvalue weighted by Crippen LogP contribution is -2.34. The number of pyridine rings is 2. The Bertz CT molecular complexity index is 1580. The quantitative estimate of drug-likeness (QED) is 0.139. The maximum absolute atomic E-state index is 5.55. The Morgan fingerprint density at radius 3 is 1.49 bits per heavy atom. The van der Waals surface area contributed by atoms with Gasteiger partial charge in [-0.15, -0.1) is 49.6 Å². The molecule has 0 aliphatic carbocycles. The number of benzene rings is 2. The zero-order chi connectivity index (χ0) is 31.9. The van der Waals surface area contributed by atoms with Gasteiger partial charge in [-0.2, -0.15) is 0 Å². The smallest absolute Gasteiger partial charge is 0.203 e. The van der Waals surface area contributed by atoms with Crippen LogP contribution < -0.4 is 28.4 Å². The molecule has 3 heterocycles. The molecule has 0 N–H and O–H groups in total. The minimum Gasteiger partial charge on any atom is -0.493 e. The molecular formula is C35H46Cl4N4O6. The van der Waals surface area contributed by atoms with Gasteiger partial charge in [0.1, 0.15) is 0 Å². The molecule has 1 aliphatic rings. The number of hydrogen-bond acceptors (Lipinski definition) is 10. The molecule has 1 saturated heterocycles. The van der Waals surface area contributed by atoms with Crippen LogP contribution in [0.2, 0.25) is 0 Å². The minimum absolute atomic E-state index is 0. The van der Waals surface area contributed by atoms with Gasteiger partial charge in [0.15, 0.2) is 23.0 Å². The van der Waals surface area contributed by atoms with Crippen molar-refractivity contribution in [2.24, 2.45) is 0 Å². The van der Waals surface area contributed by atoms with Gasteiger partial charge in [0.05, 0.1) is 54.0 Å². The van der Waals surface area contributed by atoms with Crippen LogP contribution in [0.3, 0.4) is 0 Å². The van der Waals surface area contributed by atoms with Crippen molar-refractivity contribution < 1.29 is 28.4 Å². The van der Waals surface area contributed by atoms with Crippen LogP contribution >= 0.6 is 49.6 Å². The van der Waals surface area contributed by atoms with Gasteiger partial charge < -0.3 is 28.4 Å². The van der Waals surface area contributed by atoms with Crippen LogP contribution in [-0.4, -0.2) is 88.6 Å². The van der Waals surface area contributed by atoms with Crippen molar-refractivity contribution in [1.82, 2.24) is 19.8 Å². The Kier molecular flexibility index (Phi) is 18.1. The van der Waals surface area contributed by atoms with E-state index in [1.54, 1.807) is 42.7 Å². The van der Waals surface area contributed by atoms with Crippen LogP contribution in [0.15, 0.2) is 60.9 Å². The fourth-order valence-electron chi connectivity index (χ4n) is 5.91. The van der Waals surface area contributed by atoms with Crippen molar-refractivity contribution in [3.05, 3.63) is 72.1 Å². The molecule has 2 aromatic heterocycles. The second-order valence-electron chi connectivity index (χ2n) is 11.0. The first-order valence-corrected chi connectivity index (χ1v) is 14.8. The van der Waals surface area contributed by atoms with Gasteiger partial charge in [0, 0.05) is 55.7 Å². The second kappa shape index (κ2) is 20.3. The van der Waals surface area contributed by atoms with Gasteiger partial charge in [-0.05, 0) is 73.1 Å². The Labute approximate surface area is 314 Å². The molecular weight excluding hydrogens is 714 g/mol. The predicted molar refractivity (Wildman–Crippen MR) is 203 cm³/mol. The van der Waals surface area contributed by atoms with Crippen molar-refractivity contribution >= 4 is 49.6 Å². The summed E-state index contributed by atoms with van der Waals surface area (Å²) in [6.45, 7) is 3.69. The highest BCUT2D eigenvalue weighted by atomic mass is 35.5. The average molecular weight is 761 g/mol. The summed E-state index contributed by atoms with van der Waals surface area (Å²) in [5, 5.41) is 0. The predicted octanol–water partition coefficient (Wildman–Crippen LogP) is 7.26. The molecule has 2 aromatic carbocycles. The average Bonchev–Trinajstić information content (AvgIpc) is 3.55. The van der Waals surface area contributed by atoms with E-state index in [1.807, 2.05) is 36.7 Å². The molecule has 0 amide bonds. The van der Waals surface area contributed by atoms with E-state index in [9.17, 15) is 0 Å². The second-order valence-corrected chi connectivity index (χ2v) is 11.0. The lowest BCUT2D eigenvalue weighted by atomic mass is 10.1. The van der Waals surface area contributed by atoms with E-state index in [0.29, 0.717) is 40.5 Å². The fourth-order valence-corrected chi connectivity index (χ4v) is 5.91. The Balaban J connectivity index is 0.00000300. The van der Waals surface area contributed by atoms with Gasteiger partial charge in [0.25, 0.3) is 0 Å². The zero-order valence-corrected chi connectivity index (χ0v) is 32.0. The monoisotopic (exact) mass is 758 g/mol. The van der Waals surface area contributed by atoms with E-state index in [4.69, 9.17) is 28.4 Å². The van der Waals surface area contributed by atoms with Crippen LogP contribution in [0.25, 0.3) is 22.5 Å². The molecule has 4 aromatic rings. The van der Waals surface area contributed by atoms with Crippen molar-refractivity contribution in [2.45, 2.75) is 25.6 Å². The minimum atomic E-state index is 0. The summed E-state index contributed by atoms with van der Waals surface area (Å²) < 4.78 is 33.2. The summed E-state index contributed by atoms with van der Waals surface area (Å²) in [7, 11) is 11.9. The number of nitrogens with zero attached hydrogens (tertiary/aromatic N) is 4. The van der Waals surface area contributed by atoms with E-state index in [-0.39, 0.29) is 49.6 Å². The van der Waals surface area contributed by atoms with Crippen LogP contribution in [0.5, 0.6) is 34.5 Å². The van der Waals surface area contributed by atoms with Crippen LogP contribution in [0, 0.1) is 0 Å². The van der Waals surface area contributed by atoms with Gasteiger partial charge in [-0.25, -0.2) is 0 Å². The summed E-state index contributed by atoms with van der Waals surface area (Å²) in [5.74, 6) is 3.55. The maximum Gasteiger partial charge on any atom is 0.203 e. The molecule has 1 unspecified atom stereocenters. The van der Waals surface area contributed by atoms with E-state index >= 15 is 0 Å². The number of ether oxygens (including phenoxy) is 6. The number of aromatic nitrogens is 2. The third kappa shape index (κ3) is 10.1. The number of likely N-dealkylation sites (N-methyl/N-ethyl adjacent to an activating group) is 1. The van der Waals surface area contributed by atoms with Gasteiger partial charge in [0.2, 0.25) is 11.5 Å². The van der Waals surface area contributed by atoms with E-state index in [0.717, 1.165) is 55.1 Å². The van der Waals surface area contributed by atoms with Crippen LogP contribution in [-0.2, 0) is 13.1 Å². The summed E-state index contributed by atoms with van der Waals surface area (Å²) in [6.07, 6.45) is 4.83. The van der Waals surface area contributed by atoms with Crippen LogP contribution in [0.1, 0.15) is 17.5 Å². The molecule has 14 heteroatoms. The lowest BCUT2D eigenvalue weighted by molar-refractivity contribution is 0.222. The molecule has 1 fully saturated rings. The first kappa shape index (κ1) is 43.6. The van der Waals surface area contributed by atoms with E-state index in [2.05, 4.69) is 51.1 Å². The van der Waals surface area contributed by atoms with Crippen molar-refractivity contribution in [2.75, 3.05) is 62.8 Å². The van der Waals surface area contributed by atoms with Gasteiger partial charge in [-0.1, -0.05) is 0 Å². The highest BCUT2D eigenvalue weighted by molar-refractivity contribution is 5.86. The molecule has 0 spiro atoms. The van der Waals surface area contributed by atoms with Crippen LogP contribution in [0.4, 0.5) is 0 Å². The zero-order valence-electron chi connectivity index (χ0n) is 28.8. The van der Waals surface area contributed by atoms with E-state index < -0.39 is 0 Å². The highest BCUT2D eigenvalue weighted by Gasteiger charge is 2.26. The van der Waals surface area contributed by atoms with Gasteiger partial charge in [-0.3, -0.25) is 19.8 Å². The third-order valence-electron chi connectivity index (χ3n) is 8.28. The number of rotatable bonds is 13. The van der Waals surface area contributed by atoms with Crippen molar-refractivity contribution in [3.63, 3.8) is 0 Å². The largest absolute Gasteiger partial charge is 0.493 e. The maximum atomic E-state index is 5.55. The summed E-state index contributed by atoms with van der Waals surface area (Å²) in [6, 6.07) is 16.6. The SMILES string of the molecule is COc1cc(-c2cc(CN3CCC(N(C)Cc4ccnc(-c5cc(OC)c(OC)c(OC)c5)c4)C3)ccn2)cc(OC)c1OC.Cl.Cl.Cl.Cl. The topological polar surface area (TPSA) is 87.6 Å². The highest BCUT2D eigenvalue weighted by Crippen LogP contribution is 2.42. The Hall–Kier alpha value is -3.38. The fraction of sp³-hybridized carbons (Fsp3) is 0.371. The molecule has 0 bridgehead atoms. The molecule has 10 nitrogen and oxygen atoms in total. The summed E-state index contributed by atoms with van der Waals surface area (Å²) in [4.78, 5) is 14.2. The molecule has 49 heavy (non-hydrogen) atoms. The van der Waals surface area contributed by atoms with Crippen molar-refractivity contribution in [3.8, 4) is 57.0 Å². The number of methoxy groups -OCH3 is 6. The molecule has 0 radical (unpaired) electrons. The molecule has 0 saturated carbocycles. The molecule has 1 aliphatic heterocycles. The lowest BCUT2D eigenvalue weighted by Gasteiger charge is -2.25. The first-order chi connectivity index (χ1) is 21.9. The Morgan fingerprint density at radius 2 is 1.06 bits per heavy atom. The summed E-state index contributed by atoms with van der Waals surface area (Å²) >= 11 is 0. The number of likely N-dealkylation sites (tertiary alicyclic amines) is 1. The molecule has 1 atom stereocenters. The third-order valence-corrected chi connectivity index (χ3v) is 8.28. The number of hydrogen-bond donors (Lipinski definition) is 0. The van der Waals surface area contributed by atoms with Crippen molar-refractivity contribution in [1.29, 1.82) is 0 Å². The Morgan fingerprint density at radius 1 is 0.633 bits per heavy atom. The standard InChI is InChI=1S/C35H42N4O6.4ClH/c1-38(20-23-8-11-36-28(14-23)25-16-30(40-2)34(44-6)31(17-25)41-3)27-10-13-39(22-27)21-24-9-12-37-29(15-24)26-18-32(42-4)35(45-7)33(19-26)43-5;;;;/h8-9,11-12,14-19,27H,10,13,20-22H2,1-7H3;4*1H. The first-order valence-electron chi connectivity index (χ1n) is 14.8. The van der Waals surface area contributed by atoms with Gasteiger partial charge >= 0.3 is 0 Å².